The van der Waals surface area contributed by atoms with Gasteiger partial charge in [-0.05, 0) is 44.1 Å². The smallest absolute Gasteiger partial charge is 0.119 e. The third kappa shape index (κ3) is 4.00. The predicted octanol–water partition coefficient (Wildman–Crippen LogP) is 1.88. The van der Waals surface area contributed by atoms with E-state index in [-0.39, 0.29) is 0 Å². The van der Waals surface area contributed by atoms with Gasteiger partial charge in [-0.2, -0.15) is 0 Å². The van der Waals surface area contributed by atoms with Crippen molar-refractivity contribution < 1.29 is 4.74 Å². The second kappa shape index (κ2) is 6.76. The van der Waals surface area contributed by atoms with E-state index in [2.05, 4.69) is 35.0 Å². The van der Waals surface area contributed by atoms with E-state index in [0.717, 1.165) is 12.2 Å². The second-order valence-corrected chi connectivity index (χ2v) is 5.10. The van der Waals surface area contributed by atoms with Gasteiger partial charge in [0.25, 0.3) is 0 Å². The third-order valence-electron chi connectivity index (χ3n) is 3.67. The first kappa shape index (κ1) is 13.4. The van der Waals surface area contributed by atoms with Crippen LogP contribution in [0.3, 0.4) is 0 Å². The molecule has 0 bridgehead atoms. The highest BCUT2D eigenvalue weighted by Gasteiger charge is 2.12. The summed E-state index contributed by atoms with van der Waals surface area (Å²) in [6.45, 7) is 6.06. The lowest BCUT2D eigenvalue weighted by atomic mass is 10.1. The van der Waals surface area contributed by atoms with Crippen LogP contribution in [-0.4, -0.2) is 56.7 Å². The van der Waals surface area contributed by atoms with Gasteiger partial charge < -0.3 is 14.5 Å². The summed E-state index contributed by atoms with van der Waals surface area (Å²) in [6.07, 6.45) is 2.38. The zero-order valence-electron chi connectivity index (χ0n) is 11.6. The minimum absolute atomic E-state index is 0.965. The van der Waals surface area contributed by atoms with Crippen molar-refractivity contribution in [1.29, 1.82) is 0 Å². The second-order valence-electron chi connectivity index (χ2n) is 5.10. The van der Waals surface area contributed by atoms with E-state index < -0.39 is 0 Å². The van der Waals surface area contributed by atoms with Gasteiger partial charge in [-0.25, -0.2) is 0 Å². The molecule has 1 aromatic rings. The van der Waals surface area contributed by atoms with Gasteiger partial charge in [0, 0.05) is 26.2 Å². The summed E-state index contributed by atoms with van der Waals surface area (Å²) in [5, 5.41) is 0. The van der Waals surface area contributed by atoms with Crippen molar-refractivity contribution in [3.8, 4) is 5.75 Å². The molecule has 1 aromatic carbocycles. The molecule has 0 N–H and O–H groups in total. The summed E-state index contributed by atoms with van der Waals surface area (Å²) < 4.78 is 5.25. The molecule has 0 radical (unpaired) electrons. The molecule has 3 nitrogen and oxygen atoms in total. The molecule has 2 rings (SSSR count). The van der Waals surface area contributed by atoms with E-state index in [4.69, 9.17) is 4.74 Å². The fourth-order valence-electron chi connectivity index (χ4n) is 2.41. The summed E-state index contributed by atoms with van der Waals surface area (Å²) in [5.41, 5.74) is 1.38. The fourth-order valence-corrected chi connectivity index (χ4v) is 2.41. The fraction of sp³-hybridized carbons (Fsp3) is 0.600. The molecule has 0 aliphatic carbocycles. The number of nitrogens with zero attached hydrogens (tertiary/aromatic N) is 2. The molecule has 0 saturated carbocycles. The Labute approximate surface area is 110 Å². The maximum atomic E-state index is 5.25. The molecule has 100 valence electrons. The van der Waals surface area contributed by atoms with Crippen LogP contribution in [0.5, 0.6) is 5.75 Å². The lowest BCUT2D eigenvalue weighted by Gasteiger charge is -2.32. The first-order valence-corrected chi connectivity index (χ1v) is 6.82. The standard InChI is InChI=1S/C15H24N2O/c1-16-9-11-17(12-10-16)8-4-6-14-5-3-7-15(13-14)18-2/h3,5,7,13H,4,6,8-12H2,1-2H3. The van der Waals surface area contributed by atoms with Crippen molar-refractivity contribution in [1.82, 2.24) is 9.80 Å². The topological polar surface area (TPSA) is 15.7 Å². The van der Waals surface area contributed by atoms with Crippen molar-refractivity contribution in [2.75, 3.05) is 46.9 Å². The molecule has 0 unspecified atom stereocenters. The molecule has 1 aliphatic heterocycles. The number of benzene rings is 1. The number of hydrogen-bond donors (Lipinski definition) is 0. The normalized spacial score (nSPS) is 17.9. The van der Waals surface area contributed by atoms with Crippen molar-refractivity contribution in [3.05, 3.63) is 29.8 Å². The Morgan fingerprint density at radius 3 is 2.67 bits per heavy atom. The van der Waals surface area contributed by atoms with Gasteiger partial charge in [-0.15, -0.1) is 0 Å². The van der Waals surface area contributed by atoms with E-state index in [1.807, 2.05) is 6.07 Å². The first-order valence-electron chi connectivity index (χ1n) is 6.82. The summed E-state index contributed by atoms with van der Waals surface area (Å²) in [6, 6.07) is 8.41. The number of methoxy groups -OCH3 is 1. The van der Waals surface area contributed by atoms with Gasteiger partial charge in [0.15, 0.2) is 0 Å². The molecular weight excluding hydrogens is 224 g/mol. The molecular formula is C15H24N2O. The van der Waals surface area contributed by atoms with Gasteiger partial charge in [0.1, 0.15) is 5.75 Å². The summed E-state index contributed by atoms with van der Waals surface area (Å²) in [5.74, 6) is 0.965. The average Bonchev–Trinajstić information content (AvgIpc) is 2.41. The van der Waals surface area contributed by atoms with Crippen molar-refractivity contribution in [3.63, 3.8) is 0 Å². The lowest BCUT2D eigenvalue weighted by Crippen LogP contribution is -2.44. The number of rotatable bonds is 5. The molecule has 0 spiro atoms. The highest BCUT2D eigenvalue weighted by atomic mass is 16.5. The highest BCUT2D eigenvalue weighted by molar-refractivity contribution is 5.28. The van der Waals surface area contributed by atoms with Crippen LogP contribution in [0.4, 0.5) is 0 Å². The first-order chi connectivity index (χ1) is 8.78. The number of hydrogen-bond acceptors (Lipinski definition) is 3. The van der Waals surface area contributed by atoms with Crippen LogP contribution in [0.25, 0.3) is 0 Å². The van der Waals surface area contributed by atoms with Crippen molar-refractivity contribution in [2.45, 2.75) is 12.8 Å². The third-order valence-corrected chi connectivity index (χ3v) is 3.67. The summed E-state index contributed by atoms with van der Waals surface area (Å²) in [7, 11) is 3.93. The van der Waals surface area contributed by atoms with E-state index in [0.29, 0.717) is 0 Å². The molecule has 1 fully saturated rings. The van der Waals surface area contributed by atoms with Crippen LogP contribution in [0.15, 0.2) is 24.3 Å². The molecule has 3 heteroatoms. The Morgan fingerprint density at radius 2 is 1.94 bits per heavy atom. The van der Waals surface area contributed by atoms with Crippen LogP contribution in [0.2, 0.25) is 0 Å². The SMILES string of the molecule is COc1cccc(CCCN2CCN(C)CC2)c1. The maximum absolute atomic E-state index is 5.25. The molecule has 0 amide bonds. The molecule has 1 heterocycles. The lowest BCUT2D eigenvalue weighted by molar-refractivity contribution is 0.153. The quantitative estimate of drug-likeness (QED) is 0.791. The Kier molecular flexibility index (Phi) is 5.02. The minimum atomic E-state index is 0.965. The van der Waals surface area contributed by atoms with Crippen LogP contribution in [0.1, 0.15) is 12.0 Å². The Bertz CT molecular complexity index is 359. The minimum Gasteiger partial charge on any atom is -0.497 e. The van der Waals surface area contributed by atoms with Crippen LogP contribution >= 0.6 is 0 Å². The van der Waals surface area contributed by atoms with Crippen molar-refractivity contribution in [2.24, 2.45) is 0 Å². The zero-order valence-corrected chi connectivity index (χ0v) is 11.6. The van der Waals surface area contributed by atoms with Gasteiger partial charge in [-0.1, -0.05) is 12.1 Å². The van der Waals surface area contributed by atoms with Crippen LogP contribution in [-0.2, 0) is 6.42 Å². The Hall–Kier alpha value is -1.06. The largest absolute Gasteiger partial charge is 0.497 e. The van der Waals surface area contributed by atoms with E-state index in [1.54, 1.807) is 7.11 Å². The maximum Gasteiger partial charge on any atom is 0.119 e. The van der Waals surface area contributed by atoms with E-state index >= 15 is 0 Å². The zero-order chi connectivity index (χ0) is 12.8. The highest BCUT2D eigenvalue weighted by Crippen LogP contribution is 2.14. The number of aryl methyl sites for hydroxylation is 1. The molecule has 0 aromatic heterocycles. The molecule has 1 aliphatic rings. The van der Waals surface area contributed by atoms with E-state index in [9.17, 15) is 0 Å². The van der Waals surface area contributed by atoms with Gasteiger partial charge in [-0.3, -0.25) is 0 Å². The van der Waals surface area contributed by atoms with Crippen LogP contribution < -0.4 is 4.74 Å². The van der Waals surface area contributed by atoms with E-state index in [1.165, 1.54) is 44.7 Å². The number of likely N-dealkylation sites (N-methyl/N-ethyl adjacent to an activating group) is 1. The number of ether oxygens (including phenoxy) is 1. The van der Waals surface area contributed by atoms with Gasteiger partial charge >= 0.3 is 0 Å². The molecule has 1 saturated heterocycles. The average molecular weight is 248 g/mol. The summed E-state index contributed by atoms with van der Waals surface area (Å²) in [4.78, 5) is 4.97. The van der Waals surface area contributed by atoms with Gasteiger partial charge in [0.2, 0.25) is 0 Å². The monoisotopic (exact) mass is 248 g/mol. The Balaban J connectivity index is 1.71. The van der Waals surface area contributed by atoms with Gasteiger partial charge in [0.05, 0.1) is 7.11 Å². The molecule has 0 atom stereocenters. The van der Waals surface area contributed by atoms with Crippen LogP contribution in [0, 0.1) is 0 Å². The predicted molar refractivity (Wildman–Crippen MR) is 75.3 cm³/mol. The van der Waals surface area contributed by atoms with Crippen molar-refractivity contribution >= 4 is 0 Å². The number of piperazine rings is 1. The molecule has 18 heavy (non-hydrogen) atoms. The summed E-state index contributed by atoms with van der Waals surface area (Å²) >= 11 is 0. The Morgan fingerprint density at radius 1 is 1.17 bits per heavy atom.